The standard InChI is InChI=1S/C24H21Cl2N3O3S/c1-2-4-21(30)27-15-7-9-16(10-8-15)28-24(33)29-22(31)14-12-17-11-13-20(32-17)18-5-3-6-19(25)23(18)26/h3,5-14H,2,4H2,1H3,(H,27,30)(H2,28,29,31,33). The number of carbonyl (C=O) groups excluding carboxylic acids is 2. The van der Waals surface area contributed by atoms with Crippen molar-refractivity contribution in [2.45, 2.75) is 19.8 Å². The summed E-state index contributed by atoms with van der Waals surface area (Å²) in [6, 6.07) is 15.7. The third kappa shape index (κ3) is 7.18. The van der Waals surface area contributed by atoms with Crippen molar-refractivity contribution in [2.75, 3.05) is 10.6 Å². The first-order chi connectivity index (χ1) is 15.9. The van der Waals surface area contributed by atoms with Crippen LogP contribution in [0, 0.1) is 0 Å². The second kappa shape index (κ2) is 11.7. The van der Waals surface area contributed by atoms with Gasteiger partial charge in [-0.1, -0.05) is 36.2 Å². The van der Waals surface area contributed by atoms with Crippen LogP contribution in [-0.2, 0) is 9.59 Å². The Hall–Kier alpha value is -3.13. The van der Waals surface area contributed by atoms with Gasteiger partial charge in [0.15, 0.2) is 5.11 Å². The molecule has 0 bridgehead atoms. The van der Waals surface area contributed by atoms with Gasteiger partial charge in [-0.15, -0.1) is 0 Å². The van der Waals surface area contributed by atoms with Crippen molar-refractivity contribution in [2.24, 2.45) is 0 Å². The van der Waals surface area contributed by atoms with Crippen molar-refractivity contribution < 1.29 is 14.0 Å². The Kier molecular flexibility index (Phi) is 8.65. The molecule has 0 aliphatic heterocycles. The molecule has 0 radical (unpaired) electrons. The van der Waals surface area contributed by atoms with Gasteiger partial charge in [0.1, 0.15) is 11.5 Å². The number of hydrogen-bond donors (Lipinski definition) is 3. The zero-order valence-electron chi connectivity index (χ0n) is 17.7. The highest BCUT2D eigenvalue weighted by Gasteiger charge is 2.10. The minimum Gasteiger partial charge on any atom is -0.457 e. The SMILES string of the molecule is CCCC(=O)Nc1ccc(NC(=S)NC(=O)C=Cc2ccc(-c3cccc(Cl)c3Cl)o2)cc1. The Bertz CT molecular complexity index is 1190. The van der Waals surface area contributed by atoms with Crippen LogP contribution < -0.4 is 16.0 Å². The minimum absolute atomic E-state index is 0.0351. The largest absolute Gasteiger partial charge is 0.457 e. The number of hydrogen-bond acceptors (Lipinski definition) is 4. The first kappa shape index (κ1) is 24.5. The Morgan fingerprint density at radius 3 is 2.39 bits per heavy atom. The molecule has 0 saturated carbocycles. The molecule has 0 fully saturated rings. The highest BCUT2D eigenvalue weighted by molar-refractivity contribution is 7.80. The topological polar surface area (TPSA) is 83.4 Å². The number of benzene rings is 2. The molecule has 0 atom stereocenters. The van der Waals surface area contributed by atoms with Crippen molar-refractivity contribution >= 4 is 69.8 Å². The zero-order chi connectivity index (χ0) is 23.8. The van der Waals surface area contributed by atoms with E-state index in [-0.39, 0.29) is 11.0 Å². The van der Waals surface area contributed by atoms with Crippen LogP contribution in [0.1, 0.15) is 25.5 Å². The molecule has 2 aromatic carbocycles. The van der Waals surface area contributed by atoms with Crippen LogP contribution >= 0.6 is 35.4 Å². The van der Waals surface area contributed by atoms with Gasteiger partial charge in [0.2, 0.25) is 11.8 Å². The van der Waals surface area contributed by atoms with Gasteiger partial charge in [-0.2, -0.15) is 0 Å². The van der Waals surface area contributed by atoms with Crippen LogP contribution in [0.15, 0.2) is 65.1 Å². The Morgan fingerprint density at radius 1 is 1.00 bits per heavy atom. The molecule has 0 aliphatic carbocycles. The van der Waals surface area contributed by atoms with E-state index in [4.69, 9.17) is 39.8 Å². The summed E-state index contributed by atoms with van der Waals surface area (Å²) in [5, 5.41) is 9.25. The number of carbonyl (C=O) groups is 2. The quantitative estimate of drug-likeness (QED) is 0.253. The molecule has 9 heteroatoms. The van der Waals surface area contributed by atoms with E-state index in [0.717, 1.165) is 6.42 Å². The zero-order valence-corrected chi connectivity index (χ0v) is 20.0. The fourth-order valence-corrected chi connectivity index (χ4v) is 3.45. The second-order valence-electron chi connectivity index (χ2n) is 6.96. The van der Waals surface area contributed by atoms with Gasteiger partial charge in [0.05, 0.1) is 10.0 Å². The predicted octanol–water partition coefficient (Wildman–Crippen LogP) is 6.52. The molecule has 0 spiro atoms. The summed E-state index contributed by atoms with van der Waals surface area (Å²) in [7, 11) is 0. The summed E-state index contributed by atoms with van der Waals surface area (Å²) in [6.07, 6.45) is 4.08. The Morgan fingerprint density at radius 2 is 1.70 bits per heavy atom. The van der Waals surface area contributed by atoms with Gasteiger partial charge < -0.3 is 15.1 Å². The van der Waals surface area contributed by atoms with E-state index in [0.29, 0.717) is 44.9 Å². The van der Waals surface area contributed by atoms with Gasteiger partial charge in [-0.05, 0) is 73.2 Å². The van der Waals surface area contributed by atoms with Gasteiger partial charge >= 0.3 is 0 Å². The number of nitrogens with one attached hydrogen (secondary N) is 3. The molecule has 170 valence electrons. The fourth-order valence-electron chi connectivity index (χ4n) is 2.84. The molecule has 1 heterocycles. The van der Waals surface area contributed by atoms with Crippen LogP contribution in [0.3, 0.4) is 0 Å². The maximum absolute atomic E-state index is 12.2. The molecule has 0 aliphatic rings. The highest BCUT2D eigenvalue weighted by Crippen LogP contribution is 2.34. The first-order valence-electron chi connectivity index (χ1n) is 10.1. The molecule has 3 rings (SSSR count). The Balaban J connectivity index is 1.52. The number of halogens is 2. The Labute approximate surface area is 207 Å². The molecule has 3 N–H and O–H groups in total. The molecule has 6 nitrogen and oxygen atoms in total. The molecule has 0 unspecified atom stereocenters. The van der Waals surface area contributed by atoms with E-state index in [1.807, 2.05) is 6.92 Å². The average Bonchev–Trinajstić information content (AvgIpc) is 3.24. The van der Waals surface area contributed by atoms with E-state index in [9.17, 15) is 9.59 Å². The number of amides is 2. The van der Waals surface area contributed by atoms with Crippen molar-refractivity contribution in [3.8, 4) is 11.3 Å². The van der Waals surface area contributed by atoms with E-state index in [1.165, 1.54) is 12.2 Å². The lowest BCUT2D eigenvalue weighted by molar-refractivity contribution is -0.116. The van der Waals surface area contributed by atoms with Gasteiger partial charge in [-0.25, -0.2) is 0 Å². The number of furan rings is 1. The summed E-state index contributed by atoms with van der Waals surface area (Å²) in [5.41, 5.74) is 2.02. The molecular formula is C24H21Cl2N3O3S. The molecule has 0 saturated heterocycles. The monoisotopic (exact) mass is 501 g/mol. The molecule has 1 aromatic heterocycles. The van der Waals surface area contributed by atoms with Crippen molar-refractivity contribution in [1.29, 1.82) is 0 Å². The van der Waals surface area contributed by atoms with Gasteiger partial charge in [-0.3, -0.25) is 14.9 Å². The molecular weight excluding hydrogens is 481 g/mol. The summed E-state index contributed by atoms with van der Waals surface area (Å²) in [5.74, 6) is 0.548. The maximum atomic E-state index is 12.2. The first-order valence-corrected chi connectivity index (χ1v) is 11.3. The maximum Gasteiger partial charge on any atom is 0.250 e. The van der Waals surface area contributed by atoms with E-state index >= 15 is 0 Å². The summed E-state index contributed by atoms with van der Waals surface area (Å²) in [6.45, 7) is 1.94. The van der Waals surface area contributed by atoms with E-state index < -0.39 is 5.91 Å². The van der Waals surface area contributed by atoms with E-state index in [1.54, 1.807) is 54.6 Å². The summed E-state index contributed by atoms with van der Waals surface area (Å²) >= 11 is 17.4. The summed E-state index contributed by atoms with van der Waals surface area (Å²) in [4.78, 5) is 23.8. The van der Waals surface area contributed by atoms with Gasteiger partial charge in [0.25, 0.3) is 0 Å². The van der Waals surface area contributed by atoms with Crippen LogP contribution in [0.5, 0.6) is 0 Å². The lowest BCUT2D eigenvalue weighted by atomic mass is 10.2. The average molecular weight is 502 g/mol. The van der Waals surface area contributed by atoms with Crippen LogP contribution in [0.2, 0.25) is 10.0 Å². The lowest BCUT2D eigenvalue weighted by Crippen LogP contribution is -2.32. The van der Waals surface area contributed by atoms with E-state index in [2.05, 4.69) is 16.0 Å². The molecule has 33 heavy (non-hydrogen) atoms. The number of anilines is 2. The minimum atomic E-state index is -0.422. The third-order valence-electron chi connectivity index (χ3n) is 4.38. The third-order valence-corrected chi connectivity index (χ3v) is 5.41. The lowest BCUT2D eigenvalue weighted by Gasteiger charge is -2.09. The van der Waals surface area contributed by atoms with Gasteiger partial charge in [0, 0.05) is 29.4 Å². The second-order valence-corrected chi connectivity index (χ2v) is 8.15. The smallest absolute Gasteiger partial charge is 0.250 e. The molecule has 3 aromatic rings. The van der Waals surface area contributed by atoms with Crippen molar-refractivity contribution in [1.82, 2.24) is 5.32 Å². The molecule has 2 amide bonds. The highest BCUT2D eigenvalue weighted by atomic mass is 35.5. The van der Waals surface area contributed by atoms with Crippen LogP contribution in [-0.4, -0.2) is 16.9 Å². The predicted molar refractivity (Wildman–Crippen MR) is 138 cm³/mol. The number of rotatable bonds is 7. The van der Waals surface area contributed by atoms with Crippen molar-refractivity contribution in [3.63, 3.8) is 0 Å². The summed E-state index contributed by atoms with van der Waals surface area (Å²) < 4.78 is 5.72. The normalized spacial score (nSPS) is 10.8. The van der Waals surface area contributed by atoms with Crippen LogP contribution in [0.4, 0.5) is 11.4 Å². The number of thiocarbonyl (C=S) groups is 1. The van der Waals surface area contributed by atoms with Crippen molar-refractivity contribution in [3.05, 3.63) is 76.5 Å². The fraction of sp³-hybridized carbons (Fsp3) is 0.125. The van der Waals surface area contributed by atoms with Crippen LogP contribution in [0.25, 0.3) is 17.4 Å².